The lowest BCUT2D eigenvalue weighted by Crippen LogP contribution is -2.32. The molecule has 1 aliphatic rings. The number of amides is 3. The fraction of sp³-hybridized carbons (Fsp3) is 0.207. The van der Waals surface area contributed by atoms with Crippen molar-refractivity contribution < 1.29 is 28.6 Å². The van der Waals surface area contributed by atoms with E-state index >= 15 is 0 Å². The largest absolute Gasteiger partial charge is 0.495 e. The lowest BCUT2D eigenvalue weighted by Gasteiger charge is -2.18. The van der Waals surface area contributed by atoms with Crippen LogP contribution in [0.4, 0.5) is 11.4 Å². The Morgan fingerprint density at radius 3 is 2.18 bits per heavy atom. The summed E-state index contributed by atoms with van der Waals surface area (Å²) in [4.78, 5) is 39.6. The highest BCUT2D eigenvalue weighted by molar-refractivity contribution is 6.53. The Labute approximate surface area is 231 Å². The van der Waals surface area contributed by atoms with Crippen LogP contribution in [0.3, 0.4) is 0 Å². The van der Waals surface area contributed by atoms with Crippen LogP contribution in [0.5, 0.6) is 17.2 Å². The van der Waals surface area contributed by atoms with Crippen molar-refractivity contribution in [1.29, 1.82) is 0 Å². The summed E-state index contributed by atoms with van der Waals surface area (Å²) in [6.07, 6.45) is 0.608. The van der Waals surface area contributed by atoms with Gasteiger partial charge in [0.15, 0.2) is 11.5 Å². The first-order chi connectivity index (χ1) is 18.8. The molecule has 202 valence electrons. The number of hydrogen-bond acceptors (Lipinski definition) is 7. The molecule has 0 atom stereocenters. The fourth-order valence-corrected chi connectivity index (χ4v) is 4.33. The molecular formula is C29H28ClN3O6. The highest BCUT2D eigenvalue weighted by atomic mass is 35.5. The van der Waals surface area contributed by atoms with Gasteiger partial charge in [-0.2, -0.15) is 0 Å². The van der Waals surface area contributed by atoms with E-state index in [-0.39, 0.29) is 16.6 Å². The van der Waals surface area contributed by atoms with Gasteiger partial charge in [-0.3, -0.25) is 14.4 Å². The van der Waals surface area contributed by atoms with Gasteiger partial charge in [0, 0.05) is 17.8 Å². The molecule has 0 aliphatic carbocycles. The molecule has 3 aromatic rings. The maximum Gasteiger partial charge on any atom is 0.283 e. The molecule has 0 saturated carbocycles. The number of rotatable bonds is 10. The van der Waals surface area contributed by atoms with Crippen LogP contribution < -0.4 is 29.7 Å². The van der Waals surface area contributed by atoms with E-state index in [9.17, 15) is 14.4 Å². The van der Waals surface area contributed by atoms with Crippen LogP contribution in [0, 0.1) is 6.92 Å². The molecule has 3 aromatic carbocycles. The van der Waals surface area contributed by atoms with Crippen LogP contribution in [0.2, 0.25) is 0 Å². The Hall–Kier alpha value is -4.50. The number of ether oxygens (including phenoxy) is 3. The minimum Gasteiger partial charge on any atom is -0.495 e. The predicted molar refractivity (Wildman–Crippen MR) is 149 cm³/mol. The van der Waals surface area contributed by atoms with Gasteiger partial charge < -0.3 is 24.8 Å². The second-order valence-corrected chi connectivity index (χ2v) is 9.09. The van der Waals surface area contributed by atoms with E-state index in [1.165, 1.54) is 7.11 Å². The van der Waals surface area contributed by atoms with Crippen LogP contribution in [-0.2, 0) is 16.0 Å². The molecule has 10 heteroatoms. The summed E-state index contributed by atoms with van der Waals surface area (Å²) >= 11 is 6.26. The Kier molecular flexibility index (Phi) is 8.41. The molecule has 1 heterocycles. The van der Waals surface area contributed by atoms with E-state index in [2.05, 4.69) is 10.6 Å². The number of nitrogens with one attached hydrogen (secondary N) is 2. The molecule has 1 aliphatic heterocycles. The molecule has 0 unspecified atom stereocenters. The molecule has 9 nitrogen and oxygen atoms in total. The van der Waals surface area contributed by atoms with Crippen molar-refractivity contribution in [1.82, 2.24) is 5.32 Å². The van der Waals surface area contributed by atoms with Gasteiger partial charge >= 0.3 is 0 Å². The first-order valence-electron chi connectivity index (χ1n) is 12.1. The lowest BCUT2D eigenvalue weighted by molar-refractivity contribution is -0.120. The minimum atomic E-state index is -0.654. The normalized spacial score (nSPS) is 13.0. The van der Waals surface area contributed by atoms with Crippen LogP contribution in [0.1, 0.15) is 21.5 Å². The summed E-state index contributed by atoms with van der Waals surface area (Å²) < 4.78 is 15.9. The summed E-state index contributed by atoms with van der Waals surface area (Å²) in [5, 5.41) is 5.57. The van der Waals surface area contributed by atoms with Gasteiger partial charge in [-0.15, -0.1) is 0 Å². The molecule has 3 amide bonds. The molecule has 0 radical (unpaired) electrons. The molecule has 4 rings (SSSR count). The zero-order valence-corrected chi connectivity index (χ0v) is 22.7. The van der Waals surface area contributed by atoms with E-state index in [4.69, 9.17) is 25.8 Å². The summed E-state index contributed by atoms with van der Waals surface area (Å²) in [6, 6.07) is 17.3. The number of methoxy groups -OCH3 is 3. The zero-order valence-electron chi connectivity index (χ0n) is 22.0. The van der Waals surface area contributed by atoms with Crippen molar-refractivity contribution in [3.63, 3.8) is 0 Å². The van der Waals surface area contributed by atoms with Crippen LogP contribution in [-0.4, -0.2) is 45.6 Å². The van der Waals surface area contributed by atoms with E-state index in [1.54, 1.807) is 50.6 Å². The lowest BCUT2D eigenvalue weighted by atomic mass is 10.1. The van der Waals surface area contributed by atoms with Crippen molar-refractivity contribution in [3.8, 4) is 17.2 Å². The number of carbonyl (C=O) groups excluding carboxylic acids is 3. The highest BCUT2D eigenvalue weighted by Gasteiger charge is 2.40. The number of carbonyl (C=O) groups is 3. The van der Waals surface area contributed by atoms with Gasteiger partial charge in [-0.05, 0) is 73.0 Å². The Balaban J connectivity index is 1.39. The number of imide groups is 1. The predicted octanol–water partition coefficient (Wildman–Crippen LogP) is 4.43. The Morgan fingerprint density at radius 1 is 0.846 bits per heavy atom. The van der Waals surface area contributed by atoms with Gasteiger partial charge in [0.05, 0.1) is 27.0 Å². The zero-order chi connectivity index (χ0) is 28.1. The second kappa shape index (κ2) is 11.9. The van der Waals surface area contributed by atoms with Crippen LogP contribution >= 0.6 is 11.6 Å². The first-order valence-corrected chi connectivity index (χ1v) is 12.4. The van der Waals surface area contributed by atoms with E-state index in [0.29, 0.717) is 47.2 Å². The number of hydrogen-bond donors (Lipinski definition) is 2. The van der Waals surface area contributed by atoms with Crippen molar-refractivity contribution in [2.45, 2.75) is 13.3 Å². The number of aryl methyl sites for hydroxylation is 1. The summed E-state index contributed by atoms with van der Waals surface area (Å²) in [5.74, 6) is 0.133. The molecule has 0 fully saturated rings. The number of anilines is 2. The average molecular weight is 550 g/mol. The summed E-state index contributed by atoms with van der Waals surface area (Å²) in [7, 11) is 4.61. The monoisotopic (exact) mass is 549 g/mol. The first kappa shape index (κ1) is 27.5. The SMILES string of the molecule is COc1ccc(CCNC(=O)c2ccc(NC3=C(Cl)C(=O)N(c4cc(C)ccc4OC)C3=O)cc2)cc1OC. The quantitative estimate of drug-likeness (QED) is 0.360. The molecule has 0 aromatic heterocycles. The molecule has 0 saturated heterocycles. The molecule has 0 bridgehead atoms. The van der Waals surface area contributed by atoms with Crippen LogP contribution in [0.15, 0.2) is 71.4 Å². The second-order valence-electron chi connectivity index (χ2n) is 8.71. The third-order valence-electron chi connectivity index (χ3n) is 6.17. The van der Waals surface area contributed by atoms with Gasteiger partial charge in [0.25, 0.3) is 17.7 Å². The summed E-state index contributed by atoms with van der Waals surface area (Å²) in [6.45, 7) is 2.27. The maximum atomic E-state index is 13.2. The van der Waals surface area contributed by atoms with Gasteiger partial charge in [0.1, 0.15) is 16.5 Å². The van der Waals surface area contributed by atoms with E-state index in [0.717, 1.165) is 16.0 Å². The van der Waals surface area contributed by atoms with Gasteiger partial charge in [0.2, 0.25) is 0 Å². The van der Waals surface area contributed by atoms with Gasteiger partial charge in [-0.1, -0.05) is 23.7 Å². The Morgan fingerprint density at radius 2 is 1.51 bits per heavy atom. The maximum absolute atomic E-state index is 13.2. The third kappa shape index (κ3) is 5.83. The summed E-state index contributed by atoms with van der Waals surface area (Å²) in [5.41, 5.74) is 3.02. The Bertz CT molecular complexity index is 1450. The average Bonchev–Trinajstić information content (AvgIpc) is 3.15. The smallest absolute Gasteiger partial charge is 0.283 e. The number of benzene rings is 3. The van der Waals surface area contributed by atoms with E-state index < -0.39 is 11.8 Å². The number of halogens is 1. The fourth-order valence-electron chi connectivity index (χ4n) is 4.11. The molecule has 39 heavy (non-hydrogen) atoms. The van der Waals surface area contributed by atoms with Crippen molar-refractivity contribution >= 4 is 40.7 Å². The third-order valence-corrected chi connectivity index (χ3v) is 6.52. The van der Waals surface area contributed by atoms with Crippen LogP contribution in [0.25, 0.3) is 0 Å². The highest BCUT2D eigenvalue weighted by Crippen LogP contribution is 2.36. The molecular weight excluding hydrogens is 522 g/mol. The minimum absolute atomic E-state index is 0.0580. The molecule has 0 spiro atoms. The van der Waals surface area contributed by atoms with Gasteiger partial charge in [-0.25, -0.2) is 4.90 Å². The molecule has 2 N–H and O–H groups in total. The number of nitrogens with zero attached hydrogens (tertiary/aromatic N) is 1. The van der Waals surface area contributed by atoms with E-state index in [1.807, 2.05) is 31.2 Å². The topological polar surface area (TPSA) is 106 Å². The van der Waals surface area contributed by atoms with Crippen molar-refractivity contribution in [2.75, 3.05) is 38.1 Å². The standard InChI is InChI=1S/C29H28ClN3O6/c1-17-5-11-22(37-2)21(15-17)33-28(35)25(30)26(29(33)36)32-20-9-7-19(8-10-20)27(34)31-14-13-18-6-12-23(38-3)24(16-18)39-4/h5-12,15-16,32H,13-14H2,1-4H3,(H,31,34). The van der Waals surface area contributed by atoms with Crippen molar-refractivity contribution in [3.05, 3.63) is 88.1 Å². The van der Waals surface area contributed by atoms with Crippen molar-refractivity contribution in [2.24, 2.45) is 0 Å².